The SMILES string of the molecule is CCNCC1CCC(CC(=O)OCC)CC1. The van der Waals surface area contributed by atoms with Gasteiger partial charge >= 0.3 is 5.97 Å². The molecular formula is C13H25NO2. The van der Waals surface area contributed by atoms with E-state index in [0.29, 0.717) is 18.9 Å². The smallest absolute Gasteiger partial charge is 0.306 e. The third-order valence-corrected chi connectivity index (χ3v) is 3.41. The predicted octanol–water partition coefficient (Wildman–Crippen LogP) is 2.36. The summed E-state index contributed by atoms with van der Waals surface area (Å²) in [5, 5.41) is 3.40. The molecule has 0 aliphatic heterocycles. The minimum atomic E-state index is -0.0161. The molecule has 1 aliphatic rings. The zero-order valence-electron chi connectivity index (χ0n) is 10.6. The highest BCUT2D eigenvalue weighted by molar-refractivity contribution is 5.69. The fraction of sp³-hybridized carbons (Fsp3) is 0.923. The minimum absolute atomic E-state index is 0.0161. The summed E-state index contributed by atoms with van der Waals surface area (Å²) in [4.78, 5) is 11.3. The molecule has 3 heteroatoms. The molecule has 0 aromatic heterocycles. The average Bonchev–Trinajstić information content (AvgIpc) is 2.28. The molecule has 0 heterocycles. The fourth-order valence-corrected chi connectivity index (χ4v) is 2.44. The Kier molecular flexibility index (Phi) is 6.46. The number of esters is 1. The summed E-state index contributed by atoms with van der Waals surface area (Å²) in [5.41, 5.74) is 0. The predicted molar refractivity (Wildman–Crippen MR) is 65.2 cm³/mol. The van der Waals surface area contributed by atoms with Crippen molar-refractivity contribution in [3.05, 3.63) is 0 Å². The van der Waals surface area contributed by atoms with E-state index in [9.17, 15) is 4.79 Å². The van der Waals surface area contributed by atoms with Crippen LogP contribution in [0, 0.1) is 11.8 Å². The molecule has 0 radical (unpaired) electrons. The largest absolute Gasteiger partial charge is 0.466 e. The van der Waals surface area contributed by atoms with Crippen molar-refractivity contribution in [2.24, 2.45) is 11.8 Å². The highest BCUT2D eigenvalue weighted by atomic mass is 16.5. The van der Waals surface area contributed by atoms with Crippen molar-refractivity contribution < 1.29 is 9.53 Å². The van der Waals surface area contributed by atoms with Crippen molar-refractivity contribution in [2.75, 3.05) is 19.7 Å². The van der Waals surface area contributed by atoms with Crippen LogP contribution in [0.3, 0.4) is 0 Å². The third kappa shape index (κ3) is 4.97. The summed E-state index contributed by atoms with van der Waals surface area (Å²) in [6.07, 6.45) is 5.53. The lowest BCUT2D eigenvalue weighted by atomic mass is 9.80. The van der Waals surface area contributed by atoms with Crippen LogP contribution in [0.15, 0.2) is 0 Å². The molecule has 0 saturated heterocycles. The lowest BCUT2D eigenvalue weighted by molar-refractivity contribution is -0.144. The normalized spacial score (nSPS) is 25.4. The number of hydrogen-bond acceptors (Lipinski definition) is 3. The summed E-state index contributed by atoms with van der Waals surface area (Å²) in [6, 6.07) is 0. The van der Waals surface area contributed by atoms with E-state index in [1.165, 1.54) is 25.7 Å². The van der Waals surface area contributed by atoms with Gasteiger partial charge in [0.1, 0.15) is 0 Å². The van der Waals surface area contributed by atoms with Gasteiger partial charge in [0, 0.05) is 6.42 Å². The molecule has 0 atom stereocenters. The number of hydrogen-bond donors (Lipinski definition) is 1. The zero-order valence-corrected chi connectivity index (χ0v) is 10.6. The third-order valence-electron chi connectivity index (χ3n) is 3.41. The minimum Gasteiger partial charge on any atom is -0.466 e. The van der Waals surface area contributed by atoms with E-state index in [0.717, 1.165) is 19.0 Å². The zero-order chi connectivity index (χ0) is 11.8. The maximum Gasteiger partial charge on any atom is 0.306 e. The summed E-state index contributed by atoms with van der Waals surface area (Å²) in [5.74, 6) is 1.37. The van der Waals surface area contributed by atoms with Crippen LogP contribution in [0.5, 0.6) is 0 Å². The van der Waals surface area contributed by atoms with Gasteiger partial charge in [-0.25, -0.2) is 0 Å². The lowest BCUT2D eigenvalue weighted by Crippen LogP contribution is -2.27. The standard InChI is InChI=1S/C13H25NO2/c1-3-14-10-12-7-5-11(6-8-12)9-13(15)16-4-2/h11-12,14H,3-10H2,1-2H3. The van der Waals surface area contributed by atoms with Crippen molar-refractivity contribution in [2.45, 2.75) is 46.0 Å². The van der Waals surface area contributed by atoms with Crippen molar-refractivity contribution in [3.8, 4) is 0 Å². The van der Waals surface area contributed by atoms with Crippen molar-refractivity contribution in [3.63, 3.8) is 0 Å². The van der Waals surface area contributed by atoms with Crippen molar-refractivity contribution in [1.82, 2.24) is 5.32 Å². The van der Waals surface area contributed by atoms with Crippen LogP contribution in [0.4, 0.5) is 0 Å². The van der Waals surface area contributed by atoms with E-state index in [4.69, 9.17) is 4.74 Å². The Bertz CT molecular complexity index is 198. The molecule has 16 heavy (non-hydrogen) atoms. The molecular weight excluding hydrogens is 202 g/mol. The van der Waals surface area contributed by atoms with Crippen LogP contribution in [0.1, 0.15) is 46.0 Å². The lowest BCUT2D eigenvalue weighted by Gasteiger charge is -2.28. The van der Waals surface area contributed by atoms with E-state index < -0.39 is 0 Å². The Labute approximate surface area is 98.9 Å². The molecule has 0 aromatic carbocycles. The van der Waals surface area contributed by atoms with Gasteiger partial charge in [-0.1, -0.05) is 6.92 Å². The van der Waals surface area contributed by atoms with Crippen LogP contribution in [-0.4, -0.2) is 25.7 Å². The van der Waals surface area contributed by atoms with Gasteiger partial charge in [0.2, 0.25) is 0 Å². The molecule has 0 aromatic rings. The number of ether oxygens (including phenoxy) is 1. The molecule has 94 valence electrons. The molecule has 1 N–H and O–H groups in total. The van der Waals surface area contributed by atoms with Gasteiger partial charge in [-0.2, -0.15) is 0 Å². The molecule has 1 saturated carbocycles. The van der Waals surface area contributed by atoms with Gasteiger partial charge in [0.05, 0.1) is 6.61 Å². The molecule has 0 unspecified atom stereocenters. The number of carbonyl (C=O) groups is 1. The Morgan fingerprint density at radius 1 is 1.19 bits per heavy atom. The Balaban J connectivity index is 2.14. The topological polar surface area (TPSA) is 38.3 Å². The first-order chi connectivity index (χ1) is 7.76. The second-order valence-corrected chi connectivity index (χ2v) is 4.70. The summed E-state index contributed by atoms with van der Waals surface area (Å²) in [6.45, 7) is 6.72. The molecule has 3 nitrogen and oxygen atoms in total. The van der Waals surface area contributed by atoms with Crippen LogP contribution in [0.25, 0.3) is 0 Å². The van der Waals surface area contributed by atoms with Gasteiger partial charge in [0.25, 0.3) is 0 Å². The van der Waals surface area contributed by atoms with Gasteiger partial charge < -0.3 is 10.1 Å². The highest BCUT2D eigenvalue weighted by Crippen LogP contribution is 2.30. The Morgan fingerprint density at radius 2 is 1.81 bits per heavy atom. The first-order valence-electron chi connectivity index (χ1n) is 6.62. The molecule has 1 fully saturated rings. The van der Waals surface area contributed by atoms with Crippen LogP contribution in [0.2, 0.25) is 0 Å². The van der Waals surface area contributed by atoms with Gasteiger partial charge in [-0.15, -0.1) is 0 Å². The van der Waals surface area contributed by atoms with E-state index >= 15 is 0 Å². The molecule has 0 spiro atoms. The average molecular weight is 227 g/mol. The number of nitrogens with one attached hydrogen (secondary N) is 1. The van der Waals surface area contributed by atoms with Crippen LogP contribution in [-0.2, 0) is 9.53 Å². The van der Waals surface area contributed by atoms with Gasteiger partial charge in [-0.3, -0.25) is 4.79 Å². The summed E-state index contributed by atoms with van der Waals surface area (Å²) in [7, 11) is 0. The molecule has 0 bridgehead atoms. The van der Waals surface area contributed by atoms with E-state index in [1.54, 1.807) is 0 Å². The van der Waals surface area contributed by atoms with E-state index in [-0.39, 0.29) is 5.97 Å². The van der Waals surface area contributed by atoms with E-state index in [2.05, 4.69) is 12.2 Å². The van der Waals surface area contributed by atoms with Gasteiger partial charge in [-0.05, 0) is 57.5 Å². The van der Waals surface area contributed by atoms with Crippen molar-refractivity contribution in [1.29, 1.82) is 0 Å². The maximum atomic E-state index is 11.3. The second kappa shape index (κ2) is 7.66. The maximum absolute atomic E-state index is 11.3. The Hall–Kier alpha value is -0.570. The first-order valence-corrected chi connectivity index (χ1v) is 6.62. The molecule has 1 rings (SSSR count). The molecule has 1 aliphatic carbocycles. The van der Waals surface area contributed by atoms with E-state index in [1.807, 2.05) is 6.92 Å². The first kappa shape index (κ1) is 13.5. The second-order valence-electron chi connectivity index (χ2n) is 4.70. The number of carbonyl (C=O) groups excluding carboxylic acids is 1. The highest BCUT2D eigenvalue weighted by Gasteiger charge is 2.23. The monoisotopic (exact) mass is 227 g/mol. The fourth-order valence-electron chi connectivity index (χ4n) is 2.44. The quantitative estimate of drug-likeness (QED) is 0.708. The van der Waals surface area contributed by atoms with Crippen LogP contribution >= 0.6 is 0 Å². The van der Waals surface area contributed by atoms with Crippen LogP contribution < -0.4 is 5.32 Å². The number of rotatable bonds is 6. The summed E-state index contributed by atoms with van der Waals surface area (Å²) < 4.78 is 4.99. The summed E-state index contributed by atoms with van der Waals surface area (Å²) >= 11 is 0. The van der Waals surface area contributed by atoms with Gasteiger partial charge in [0.15, 0.2) is 0 Å². The Morgan fingerprint density at radius 3 is 2.38 bits per heavy atom. The molecule has 0 amide bonds. The van der Waals surface area contributed by atoms with Crippen molar-refractivity contribution >= 4 is 5.97 Å².